The number of hydrogen-bond acceptors (Lipinski definition) is 7. The highest BCUT2D eigenvalue weighted by molar-refractivity contribution is 6.08. The number of carbonyl (C=O) groups excluding carboxylic acids is 1. The van der Waals surface area contributed by atoms with E-state index in [1.54, 1.807) is 24.2 Å². The van der Waals surface area contributed by atoms with Gasteiger partial charge in [-0.3, -0.25) is 4.79 Å². The van der Waals surface area contributed by atoms with Crippen molar-refractivity contribution in [3.8, 4) is 11.3 Å². The Morgan fingerprint density at radius 2 is 1.81 bits per heavy atom. The molecule has 2 aliphatic heterocycles. The van der Waals surface area contributed by atoms with E-state index >= 15 is 0 Å². The Kier molecular flexibility index (Phi) is 6.70. The van der Waals surface area contributed by atoms with Gasteiger partial charge in [0.2, 0.25) is 5.82 Å². The monoisotopic (exact) mass is 587 g/mol. The third-order valence-corrected chi connectivity index (χ3v) is 9.28. The van der Waals surface area contributed by atoms with Crippen molar-refractivity contribution >= 4 is 34.1 Å². The van der Waals surface area contributed by atoms with Crippen molar-refractivity contribution in [2.45, 2.75) is 76.6 Å². The third kappa shape index (κ3) is 4.56. The first-order valence-electron chi connectivity index (χ1n) is 15.0. The maximum absolute atomic E-state index is 14.6. The van der Waals surface area contributed by atoms with Gasteiger partial charge in [-0.15, -0.1) is 0 Å². The van der Waals surface area contributed by atoms with Crippen LogP contribution >= 0.6 is 0 Å². The van der Waals surface area contributed by atoms with E-state index in [4.69, 9.17) is 4.98 Å². The van der Waals surface area contributed by atoms with Crippen LogP contribution in [0.4, 0.5) is 26.0 Å². The first-order valence-corrected chi connectivity index (χ1v) is 15.0. The molecule has 0 bridgehead atoms. The van der Waals surface area contributed by atoms with Crippen molar-refractivity contribution in [1.82, 2.24) is 24.4 Å². The molecule has 1 aliphatic carbocycles. The van der Waals surface area contributed by atoms with Crippen LogP contribution < -0.4 is 10.2 Å². The lowest BCUT2D eigenvalue weighted by Crippen LogP contribution is -2.57. The fourth-order valence-corrected chi connectivity index (χ4v) is 6.80. The van der Waals surface area contributed by atoms with E-state index < -0.39 is 17.4 Å². The molecule has 0 spiro atoms. The van der Waals surface area contributed by atoms with Gasteiger partial charge in [-0.2, -0.15) is 8.78 Å². The van der Waals surface area contributed by atoms with Gasteiger partial charge in [-0.25, -0.2) is 15.0 Å². The topological polar surface area (TPSA) is 99.4 Å². The highest BCUT2D eigenvalue weighted by Crippen LogP contribution is 2.47. The zero-order valence-electron chi connectivity index (χ0n) is 24.5. The minimum atomic E-state index is -1.62. The fourth-order valence-electron chi connectivity index (χ4n) is 6.80. The Morgan fingerprint density at radius 1 is 1.05 bits per heavy atom. The van der Waals surface area contributed by atoms with Crippen molar-refractivity contribution in [2.24, 2.45) is 0 Å². The number of anilines is 3. The number of fused-ring (bicyclic) bond motifs is 2. The Bertz CT molecular complexity index is 1720. The van der Waals surface area contributed by atoms with Crippen LogP contribution in [0, 0.1) is 11.8 Å². The Hall–Kier alpha value is -3.96. The number of nitrogens with one attached hydrogen (secondary N) is 1. The zero-order valence-corrected chi connectivity index (χ0v) is 24.5. The van der Waals surface area contributed by atoms with Crippen LogP contribution in [0.2, 0.25) is 0 Å². The summed E-state index contributed by atoms with van der Waals surface area (Å²) in [5.74, 6) is -2.30. The maximum atomic E-state index is 14.6. The number of imidazole rings is 1. The van der Waals surface area contributed by atoms with Crippen LogP contribution in [0.5, 0.6) is 0 Å². The number of piperidine rings is 1. The average molecular weight is 588 g/mol. The molecule has 4 aromatic rings. The number of aliphatic hydroxyl groups is 1. The van der Waals surface area contributed by atoms with Gasteiger partial charge in [-0.1, -0.05) is 18.6 Å². The quantitative estimate of drug-likeness (QED) is 0.281. The lowest BCUT2D eigenvalue weighted by atomic mass is 9.83. The molecule has 2 fully saturated rings. The van der Waals surface area contributed by atoms with Crippen molar-refractivity contribution < 1.29 is 18.7 Å². The number of hydrogen-bond donors (Lipinski definition) is 2. The van der Waals surface area contributed by atoms with Gasteiger partial charge in [0.15, 0.2) is 11.4 Å². The van der Waals surface area contributed by atoms with E-state index in [0.29, 0.717) is 45.4 Å². The summed E-state index contributed by atoms with van der Waals surface area (Å²) < 4.78 is 30.5. The first kappa shape index (κ1) is 27.8. The summed E-state index contributed by atoms with van der Waals surface area (Å²) in [4.78, 5) is 30.7. The smallest absolute Gasteiger partial charge is 0.263 e. The van der Waals surface area contributed by atoms with Crippen molar-refractivity contribution in [3.05, 3.63) is 60.2 Å². The molecule has 1 saturated heterocycles. The van der Waals surface area contributed by atoms with Crippen molar-refractivity contribution in [2.75, 3.05) is 23.3 Å². The number of amides is 1. The van der Waals surface area contributed by atoms with Crippen LogP contribution in [0.15, 0.2) is 42.9 Å². The maximum Gasteiger partial charge on any atom is 0.263 e. The number of aromatic nitrogens is 4. The predicted molar refractivity (Wildman–Crippen MR) is 160 cm³/mol. The van der Waals surface area contributed by atoms with Crippen molar-refractivity contribution in [1.29, 1.82) is 0 Å². The van der Waals surface area contributed by atoms with E-state index in [1.165, 1.54) is 31.5 Å². The van der Waals surface area contributed by atoms with Gasteiger partial charge < -0.3 is 24.8 Å². The molecule has 2 N–H and O–H groups in total. The number of benzene rings is 1. The molecule has 1 saturated carbocycles. The molecule has 1 aromatic carbocycles. The number of halogens is 2. The van der Waals surface area contributed by atoms with Gasteiger partial charge >= 0.3 is 0 Å². The Balaban J connectivity index is 1.27. The SMILES string of the molecule is CC(C)n1cnc2cc(-c3ccc4c(c3)N(C3CC(N5CCCCC5)C3)C(=O)C4(C)O)nc(Nc3ccnc(F)c3F)c21. The molecule has 5 heterocycles. The van der Waals surface area contributed by atoms with Gasteiger partial charge in [0.1, 0.15) is 5.52 Å². The summed E-state index contributed by atoms with van der Waals surface area (Å²) in [6.45, 7) is 7.77. The summed E-state index contributed by atoms with van der Waals surface area (Å²) in [6.07, 6.45) is 8.36. The summed E-state index contributed by atoms with van der Waals surface area (Å²) in [7, 11) is 0. The van der Waals surface area contributed by atoms with E-state index in [-0.39, 0.29) is 23.7 Å². The van der Waals surface area contributed by atoms with E-state index in [9.17, 15) is 18.7 Å². The van der Waals surface area contributed by atoms with Gasteiger partial charge in [-0.05, 0) is 77.7 Å². The molecular formula is C32H35F2N7O2. The van der Waals surface area contributed by atoms with Crippen LogP contribution in [-0.2, 0) is 10.4 Å². The van der Waals surface area contributed by atoms with Crippen LogP contribution in [-0.4, -0.2) is 60.6 Å². The second-order valence-corrected chi connectivity index (χ2v) is 12.4. The number of pyridine rings is 2. The standard InChI is InChI=1S/C32H35F2N7O2/c1-18(2)40-17-36-25-16-24(38-30(28(25)40)37-23-9-10-35-29(34)27(23)33)19-7-8-22-26(13-19)41(31(42)32(22,3)43)21-14-20(15-21)39-11-5-4-6-12-39/h7-10,13,16-18,20-21,43H,4-6,11-12,14-15H2,1-3H3,(H,35,37,38). The lowest BCUT2D eigenvalue weighted by molar-refractivity contribution is -0.135. The van der Waals surface area contributed by atoms with Gasteiger partial charge in [0, 0.05) is 35.4 Å². The molecule has 1 atom stereocenters. The first-order chi connectivity index (χ1) is 20.6. The van der Waals surface area contributed by atoms with E-state index in [0.717, 1.165) is 25.9 Å². The number of nitrogens with zero attached hydrogens (tertiary/aromatic N) is 6. The second kappa shape index (κ2) is 10.3. The Morgan fingerprint density at radius 3 is 2.56 bits per heavy atom. The van der Waals surface area contributed by atoms with E-state index in [2.05, 4.69) is 20.2 Å². The summed E-state index contributed by atoms with van der Waals surface area (Å²) in [6, 6.07) is 9.22. The number of rotatable bonds is 6. The predicted octanol–water partition coefficient (Wildman–Crippen LogP) is 5.67. The average Bonchev–Trinajstić information content (AvgIpc) is 3.49. The second-order valence-electron chi connectivity index (χ2n) is 12.4. The van der Waals surface area contributed by atoms with Gasteiger partial charge in [0.25, 0.3) is 11.9 Å². The van der Waals surface area contributed by atoms with Gasteiger partial charge in [0.05, 0.1) is 28.9 Å². The van der Waals surface area contributed by atoms with Crippen LogP contribution in [0.25, 0.3) is 22.3 Å². The number of likely N-dealkylation sites (tertiary alicyclic amines) is 1. The minimum Gasteiger partial charge on any atom is -0.375 e. The summed E-state index contributed by atoms with van der Waals surface area (Å²) in [5, 5.41) is 14.2. The lowest BCUT2D eigenvalue weighted by Gasteiger charge is -2.47. The molecule has 3 aromatic heterocycles. The van der Waals surface area contributed by atoms with Crippen LogP contribution in [0.3, 0.4) is 0 Å². The fraction of sp³-hybridized carbons (Fsp3) is 0.438. The normalized spacial score (nSPS) is 24.1. The minimum absolute atomic E-state index is 0.0152. The largest absolute Gasteiger partial charge is 0.375 e. The number of carbonyl (C=O) groups is 1. The van der Waals surface area contributed by atoms with Crippen molar-refractivity contribution in [3.63, 3.8) is 0 Å². The molecular weight excluding hydrogens is 552 g/mol. The van der Waals surface area contributed by atoms with E-state index in [1.807, 2.05) is 36.6 Å². The summed E-state index contributed by atoms with van der Waals surface area (Å²) in [5.41, 5.74) is 2.07. The summed E-state index contributed by atoms with van der Waals surface area (Å²) >= 11 is 0. The molecule has 0 radical (unpaired) electrons. The third-order valence-electron chi connectivity index (χ3n) is 9.28. The molecule has 9 nitrogen and oxygen atoms in total. The molecule has 224 valence electrons. The molecule has 43 heavy (non-hydrogen) atoms. The zero-order chi connectivity index (χ0) is 30.0. The molecule has 7 rings (SSSR count). The van der Waals surface area contributed by atoms with Crippen LogP contribution in [0.1, 0.15) is 64.5 Å². The molecule has 11 heteroatoms. The highest BCUT2D eigenvalue weighted by Gasteiger charge is 2.51. The molecule has 1 amide bonds. The molecule has 1 unspecified atom stereocenters. The Labute approximate surface area is 248 Å². The molecule has 3 aliphatic rings. The highest BCUT2D eigenvalue weighted by atomic mass is 19.2.